The number of aromatic nitrogens is 1. The normalized spacial score (nSPS) is 22.0. The van der Waals surface area contributed by atoms with Crippen molar-refractivity contribution in [3.05, 3.63) is 51.2 Å². The highest BCUT2D eigenvalue weighted by Crippen LogP contribution is 2.48. The van der Waals surface area contributed by atoms with Gasteiger partial charge in [-0.3, -0.25) is 9.59 Å². The van der Waals surface area contributed by atoms with Crippen molar-refractivity contribution in [1.82, 2.24) is 14.8 Å². The summed E-state index contributed by atoms with van der Waals surface area (Å²) in [6, 6.07) is 6.43. The molecule has 2 amide bonds. The molecule has 2 aliphatic rings. The molecule has 142 valence electrons. The van der Waals surface area contributed by atoms with Gasteiger partial charge in [-0.1, -0.05) is 12.1 Å². The van der Waals surface area contributed by atoms with Crippen LogP contribution in [0.15, 0.2) is 24.3 Å². The number of carbonyl (C=O) groups is 2. The van der Waals surface area contributed by atoms with E-state index in [-0.39, 0.29) is 29.5 Å². The Kier molecular flexibility index (Phi) is 4.72. The van der Waals surface area contributed by atoms with E-state index in [0.29, 0.717) is 31.1 Å². The standard InChI is InChI=1S/C20H22FN3O2S/c1-12-18(27-13(2)22-12)20(26)24-9-7-23(8-10-24)19(25)17-11-16(17)14-3-5-15(21)6-4-14/h3-6,16-17H,7-11H2,1-2H3. The molecular weight excluding hydrogens is 365 g/mol. The first-order valence-corrected chi connectivity index (χ1v) is 10.0. The number of thiazole rings is 1. The zero-order valence-corrected chi connectivity index (χ0v) is 16.3. The number of carbonyl (C=O) groups excluding carboxylic acids is 2. The van der Waals surface area contributed by atoms with E-state index in [1.807, 2.05) is 23.6 Å². The van der Waals surface area contributed by atoms with Crippen LogP contribution in [-0.4, -0.2) is 52.8 Å². The lowest BCUT2D eigenvalue weighted by atomic mass is 10.1. The van der Waals surface area contributed by atoms with Crippen LogP contribution in [0.25, 0.3) is 0 Å². The summed E-state index contributed by atoms with van der Waals surface area (Å²) in [5.74, 6) is 0.0983. The number of hydrogen-bond acceptors (Lipinski definition) is 4. The van der Waals surface area contributed by atoms with Gasteiger partial charge in [-0.25, -0.2) is 9.37 Å². The van der Waals surface area contributed by atoms with Crippen LogP contribution in [0.3, 0.4) is 0 Å². The topological polar surface area (TPSA) is 53.5 Å². The van der Waals surface area contributed by atoms with E-state index in [0.717, 1.165) is 22.7 Å². The lowest BCUT2D eigenvalue weighted by molar-refractivity contribution is -0.134. The van der Waals surface area contributed by atoms with Gasteiger partial charge in [0.05, 0.1) is 10.7 Å². The molecule has 2 heterocycles. The van der Waals surface area contributed by atoms with Crippen LogP contribution in [0.2, 0.25) is 0 Å². The molecule has 4 rings (SSSR count). The fraction of sp³-hybridized carbons (Fsp3) is 0.450. The fourth-order valence-corrected chi connectivity index (χ4v) is 4.67. The van der Waals surface area contributed by atoms with Gasteiger partial charge in [0, 0.05) is 32.1 Å². The van der Waals surface area contributed by atoms with Crippen LogP contribution < -0.4 is 0 Å². The first-order chi connectivity index (χ1) is 12.9. The van der Waals surface area contributed by atoms with Crippen LogP contribution >= 0.6 is 11.3 Å². The molecule has 1 aliphatic carbocycles. The van der Waals surface area contributed by atoms with Gasteiger partial charge in [-0.2, -0.15) is 0 Å². The number of rotatable bonds is 3. The highest BCUT2D eigenvalue weighted by Gasteiger charge is 2.46. The molecule has 7 heteroatoms. The average Bonchev–Trinajstić information content (AvgIpc) is 3.39. The third-order valence-corrected chi connectivity index (χ3v) is 6.44. The molecule has 2 atom stereocenters. The molecule has 2 aromatic rings. The summed E-state index contributed by atoms with van der Waals surface area (Å²) >= 11 is 1.43. The van der Waals surface area contributed by atoms with Crippen LogP contribution in [0.5, 0.6) is 0 Å². The zero-order valence-electron chi connectivity index (χ0n) is 15.4. The van der Waals surface area contributed by atoms with E-state index in [9.17, 15) is 14.0 Å². The summed E-state index contributed by atoms with van der Waals surface area (Å²) in [5, 5.41) is 0.894. The number of amides is 2. The predicted molar refractivity (Wildman–Crippen MR) is 101 cm³/mol. The molecule has 1 saturated carbocycles. The Morgan fingerprint density at radius 3 is 2.30 bits per heavy atom. The van der Waals surface area contributed by atoms with Crippen molar-refractivity contribution in [2.45, 2.75) is 26.2 Å². The number of benzene rings is 1. The second-order valence-electron chi connectivity index (χ2n) is 7.27. The van der Waals surface area contributed by atoms with Gasteiger partial charge in [0.2, 0.25) is 5.91 Å². The van der Waals surface area contributed by atoms with Crippen molar-refractivity contribution in [1.29, 1.82) is 0 Å². The smallest absolute Gasteiger partial charge is 0.265 e. The largest absolute Gasteiger partial charge is 0.339 e. The Labute approximate surface area is 161 Å². The summed E-state index contributed by atoms with van der Waals surface area (Å²) in [6.07, 6.45) is 0.822. The summed E-state index contributed by atoms with van der Waals surface area (Å²) in [4.78, 5) is 34.1. The van der Waals surface area contributed by atoms with Crippen LogP contribution in [0.1, 0.15) is 38.3 Å². The number of nitrogens with zero attached hydrogens (tertiary/aromatic N) is 3. The second-order valence-corrected chi connectivity index (χ2v) is 8.47. The number of halogens is 1. The monoisotopic (exact) mass is 387 g/mol. The summed E-state index contributed by atoms with van der Waals surface area (Å²) in [6.45, 7) is 5.99. The summed E-state index contributed by atoms with van der Waals surface area (Å²) in [7, 11) is 0. The molecule has 2 unspecified atom stereocenters. The van der Waals surface area contributed by atoms with Gasteiger partial charge >= 0.3 is 0 Å². The van der Waals surface area contributed by atoms with Crippen molar-refractivity contribution >= 4 is 23.2 Å². The van der Waals surface area contributed by atoms with Gasteiger partial charge in [0.15, 0.2) is 0 Å². The van der Waals surface area contributed by atoms with Crippen LogP contribution in [0, 0.1) is 25.6 Å². The molecule has 0 N–H and O–H groups in total. The maximum absolute atomic E-state index is 13.1. The van der Waals surface area contributed by atoms with E-state index >= 15 is 0 Å². The lowest BCUT2D eigenvalue weighted by Crippen LogP contribution is -2.51. The first-order valence-electron chi connectivity index (χ1n) is 9.21. The minimum atomic E-state index is -0.255. The SMILES string of the molecule is Cc1nc(C)c(C(=O)N2CCN(C(=O)C3CC3c3ccc(F)cc3)CC2)s1. The minimum Gasteiger partial charge on any atom is -0.339 e. The van der Waals surface area contributed by atoms with Crippen molar-refractivity contribution < 1.29 is 14.0 Å². The Bertz CT molecular complexity index is 872. The second kappa shape index (κ2) is 7.03. The van der Waals surface area contributed by atoms with E-state index in [4.69, 9.17) is 0 Å². The van der Waals surface area contributed by atoms with E-state index in [2.05, 4.69) is 4.98 Å². The third-order valence-electron chi connectivity index (χ3n) is 5.38. The van der Waals surface area contributed by atoms with E-state index < -0.39 is 0 Å². The minimum absolute atomic E-state index is 0.0101. The van der Waals surface area contributed by atoms with Gasteiger partial charge in [0.25, 0.3) is 5.91 Å². The summed E-state index contributed by atoms with van der Waals surface area (Å²) < 4.78 is 13.1. The van der Waals surface area contributed by atoms with Gasteiger partial charge in [0.1, 0.15) is 10.7 Å². The fourth-order valence-electron chi connectivity index (χ4n) is 3.78. The maximum atomic E-state index is 13.1. The molecule has 0 spiro atoms. The van der Waals surface area contributed by atoms with E-state index in [1.54, 1.807) is 12.1 Å². The molecule has 1 saturated heterocycles. The van der Waals surface area contributed by atoms with Crippen molar-refractivity contribution in [2.75, 3.05) is 26.2 Å². The Hall–Kier alpha value is -2.28. The Balaban J connectivity index is 1.33. The molecule has 0 bridgehead atoms. The third kappa shape index (κ3) is 3.60. The molecule has 1 aromatic heterocycles. The Morgan fingerprint density at radius 1 is 1.07 bits per heavy atom. The van der Waals surface area contributed by atoms with Crippen molar-refractivity contribution in [2.24, 2.45) is 5.92 Å². The molecule has 5 nitrogen and oxygen atoms in total. The number of hydrogen-bond donors (Lipinski definition) is 0. The van der Waals surface area contributed by atoms with Crippen LogP contribution in [0.4, 0.5) is 4.39 Å². The Morgan fingerprint density at radius 2 is 1.70 bits per heavy atom. The maximum Gasteiger partial charge on any atom is 0.265 e. The van der Waals surface area contributed by atoms with Crippen molar-refractivity contribution in [3.8, 4) is 0 Å². The van der Waals surface area contributed by atoms with E-state index in [1.165, 1.54) is 23.5 Å². The average molecular weight is 387 g/mol. The van der Waals surface area contributed by atoms with Gasteiger partial charge < -0.3 is 9.80 Å². The first kappa shape index (κ1) is 18.1. The lowest BCUT2D eigenvalue weighted by Gasteiger charge is -2.34. The summed E-state index contributed by atoms with van der Waals surface area (Å²) in [5.41, 5.74) is 1.81. The number of aryl methyl sites for hydroxylation is 2. The molecule has 1 aliphatic heterocycles. The molecule has 0 radical (unpaired) electrons. The molecular formula is C20H22FN3O2S. The molecule has 1 aromatic carbocycles. The molecule has 27 heavy (non-hydrogen) atoms. The van der Waals surface area contributed by atoms with Crippen molar-refractivity contribution in [3.63, 3.8) is 0 Å². The molecule has 2 fully saturated rings. The highest BCUT2D eigenvalue weighted by molar-refractivity contribution is 7.13. The quantitative estimate of drug-likeness (QED) is 0.814. The zero-order chi connectivity index (χ0) is 19.1. The van der Waals surface area contributed by atoms with Gasteiger partial charge in [-0.05, 0) is 43.9 Å². The highest BCUT2D eigenvalue weighted by atomic mass is 32.1. The number of piperazine rings is 1. The predicted octanol–water partition coefficient (Wildman–Crippen LogP) is 2.99. The van der Waals surface area contributed by atoms with Gasteiger partial charge in [-0.15, -0.1) is 11.3 Å². The van der Waals surface area contributed by atoms with Crippen LogP contribution in [-0.2, 0) is 4.79 Å².